The van der Waals surface area contributed by atoms with Gasteiger partial charge >= 0.3 is 0 Å². The molecule has 0 fully saturated rings. The van der Waals surface area contributed by atoms with Crippen LogP contribution in [-0.4, -0.2) is 41.9 Å². The number of benzene rings is 4. The predicted molar refractivity (Wildman–Crippen MR) is 159 cm³/mol. The number of ether oxygens (including phenoxy) is 2. The summed E-state index contributed by atoms with van der Waals surface area (Å²) in [7, 11) is 1.65. The summed E-state index contributed by atoms with van der Waals surface area (Å²) < 4.78 is 11.3. The minimum absolute atomic E-state index is 0.112. The number of rotatable bonds is 8. The number of carbonyl (C=O) groups is 1. The molecule has 1 atom stereocenters. The van der Waals surface area contributed by atoms with Crippen LogP contribution in [0.15, 0.2) is 85.1 Å². The summed E-state index contributed by atoms with van der Waals surface area (Å²) in [4.78, 5) is 16.7. The minimum Gasteiger partial charge on any atom is -0.497 e. The van der Waals surface area contributed by atoms with E-state index in [9.17, 15) is 9.90 Å². The number of hydrogen-bond donors (Lipinski definition) is 3. The molecule has 40 heavy (non-hydrogen) atoms. The molecule has 0 aliphatic rings. The van der Waals surface area contributed by atoms with Gasteiger partial charge in [-0.3, -0.25) is 4.79 Å². The Labute approximate surface area is 233 Å². The molecule has 0 bridgehead atoms. The Hall–Kier alpha value is -4.73. The predicted octanol–water partition coefficient (Wildman–Crippen LogP) is 5.85. The standard InChI is InChI=1S/C34H32N2O4/c1-22(2)40-33-15-11-24(9-8-23-10-12-26-19-29(39-3)14-13-25(26)16-23)17-31(33)34(38)36-28(21-37)18-27-20-35-32-7-5-4-6-30(27)32/h4-7,10-17,19-20,22,28,35,37H,18,21H2,1-3H3,(H,36,38). The number of aromatic amines is 1. The number of aromatic nitrogens is 1. The van der Waals surface area contributed by atoms with Gasteiger partial charge in [0, 0.05) is 28.2 Å². The summed E-state index contributed by atoms with van der Waals surface area (Å²) in [5.41, 5.74) is 3.98. The van der Waals surface area contributed by atoms with Crippen molar-refractivity contribution in [2.24, 2.45) is 0 Å². The van der Waals surface area contributed by atoms with Crippen molar-refractivity contribution in [3.8, 4) is 23.3 Å². The maximum absolute atomic E-state index is 13.5. The van der Waals surface area contributed by atoms with E-state index < -0.39 is 6.04 Å². The smallest absolute Gasteiger partial charge is 0.255 e. The molecule has 3 N–H and O–H groups in total. The highest BCUT2D eigenvalue weighted by Crippen LogP contribution is 2.24. The highest BCUT2D eigenvalue weighted by atomic mass is 16.5. The maximum atomic E-state index is 13.5. The van der Waals surface area contributed by atoms with Gasteiger partial charge in [-0.2, -0.15) is 0 Å². The zero-order valence-electron chi connectivity index (χ0n) is 22.8. The van der Waals surface area contributed by atoms with E-state index in [1.165, 1.54) is 0 Å². The van der Waals surface area contributed by atoms with E-state index in [2.05, 4.69) is 22.1 Å². The minimum atomic E-state index is -0.468. The van der Waals surface area contributed by atoms with Gasteiger partial charge in [-0.1, -0.05) is 42.2 Å². The molecule has 5 aromatic rings. The Morgan fingerprint density at radius 2 is 1.68 bits per heavy atom. The third-order valence-electron chi connectivity index (χ3n) is 6.68. The van der Waals surface area contributed by atoms with E-state index in [-0.39, 0.29) is 18.6 Å². The van der Waals surface area contributed by atoms with Crippen LogP contribution in [-0.2, 0) is 6.42 Å². The summed E-state index contributed by atoms with van der Waals surface area (Å²) in [5, 5.41) is 16.3. The average Bonchev–Trinajstić information content (AvgIpc) is 3.38. The molecule has 0 radical (unpaired) electrons. The first-order chi connectivity index (χ1) is 19.4. The molecule has 4 aromatic carbocycles. The quantitative estimate of drug-likeness (QED) is 0.219. The topological polar surface area (TPSA) is 83.6 Å². The lowest BCUT2D eigenvalue weighted by atomic mass is 10.0. The van der Waals surface area contributed by atoms with Crippen LogP contribution in [0.25, 0.3) is 21.7 Å². The monoisotopic (exact) mass is 532 g/mol. The zero-order chi connectivity index (χ0) is 28.1. The summed E-state index contributed by atoms with van der Waals surface area (Å²) in [5.74, 6) is 7.36. The Balaban J connectivity index is 1.39. The number of carbonyl (C=O) groups excluding carboxylic acids is 1. The van der Waals surface area contributed by atoms with Crippen molar-refractivity contribution >= 4 is 27.6 Å². The first-order valence-corrected chi connectivity index (χ1v) is 13.3. The molecule has 1 aromatic heterocycles. The Kier molecular flexibility index (Phi) is 8.04. The number of fused-ring (bicyclic) bond motifs is 2. The largest absolute Gasteiger partial charge is 0.497 e. The number of H-pyrrole nitrogens is 1. The van der Waals surface area contributed by atoms with E-state index in [1.54, 1.807) is 19.2 Å². The lowest BCUT2D eigenvalue weighted by Crippen LogP contribution is -2.39. The van der Waals surface area contributed by atoms with Crippen LogP contribution < -0.4 is 14.8 Å². The van der Waals surface area contributed by atoms with Gasteiger partial charge in [-0.05, 0) is 85.1 Å². The molecule has 0 saturated heterocycles. The summed E-state index contributed by atoms with van der Waals surface area (Å²) in [6, 6.07) is 24.8. The van der Waals surface area contributed by atoms with Crippen LogP contribution in [0.5, 0.6) is 11.5 Å². The van der Waals surface area contributed by atoms with E-state index >= 15 is 0 Å². The van der Waals surface area contributed by atoms with Crippen molar-refractivity contribution in [1.29, 1.82) is 0 Å². The molecule has 6 heteroatoms. The van der Waals surface area contributed by atoms with E-state index in [4.69, 9.17) is 9.47 Å². The van der Waals surface area contributed by atoms with Gasteiger partial charge in [-0.15, -0.1) is 0 Å². The van der Waals surface area contributed by atoms with Crippen molar-refractivity contribution in [2.45, 2.75) is 32.4 Å². The van der Waals surface area contributed by atoms with Crippen LogP contribution in [0.4, 0.5) is 0 Å². The van der Waals surface area contributed by atoms with Crippen LogP contribution >= 0.6 is 0 Å². The number of methoxy groups -OCH3 is 1. The lowest BCUT2D eigenvalue weighted by molar-refractivity contribution is 0.0910. The molecule has 5 rings (SSSR count). The zero-order valence-corrected chi connectivity index (χ0v) is 22.8. The molecule has 1 amide bonds. The number of aliphatic hydroxyl groups is 1. The van der Waals surface area contributed by atoms with Crippen molar-refractivity contribution in [3.05, 3.63) is 107 Å². The Morgan fingerprint density at radius 1 is 0.950 bits per heavy atom. The second-order valence-electron chi connectivity index (χ2n) is 9.97. The number of nitrogens with one attached hydrogen (secondary N) is 2. The molecule has 6 nitrogen and oxygen atoms in total. The van der Waals surface area contributed by atoms with Crippen molar-refractivity contribution in [3.63, 3.8) is 0 Å². The van der Waals surface area contributed by atoms with E-state index in [0.717, 1.165) is 38.6 Å². The number of aliphatic hydroxyl groups excluding tert-OH is 1. The molecule has 0 aliphatic carbocycles. The molecule has 202 valence electrons. The number of para-hydroxylation sites is 1. The number of amides is 1. The van der Waals surface area contributed by atoms with Gasteiger partial charge in [-0.25, -0.2) is 0 Å². The SMILES string of the molecule is COc1ccc2cc(C#Cc3ccc(OC(C)C)c(C(=O)NC(CO)Cc4c[nH]c5ccccc45)c3)ccc2c1. The highest BCUT2D eigenvalue weighted by molar-refractivity contribution is 5.97. The van der Waals surface area contributed by atoms with Crippen LogP contribution in [0.3, 0.4) is 0 Å². The van der Waals surface area contributed by atoms with Gasteiger partial charge in [0.15, 0.2) is 0 Å². The molecular formula is C34H32N2O4. The van der Waals surface area contributed by atoms with Crippen molar-refractivity contribution < 1.29 is 19.4 Å². The van der Waals surface area contributed by atoms with E-state index in [0.29, 0.717) is 23.3 Å². The second-order valence-corrected chi connectivity index (χ2v) is 9.97. The molecule has 1 heterocycles. The number of hydrogen-bond acceptors (Lipinski definition) is 4. The fourth-order valence-electron chi connectivity index (χ4n) is 4.71. The molecule has 0 spiro atoms. The van der Waals surface area contributed by atoms with E-state index in [1.807, 2.05) is 86.8 Å². The fourth-order valence-corrected chi connectivity index (χ4v) is 4.71. The van der Waals surface area contributed by atoms with Gasteiger partial charge < -0.3 is 24.9 Å². The first kappa shape index (κ1) is 26.9. The molecular weight excluding hydrogens is 500 g/mol. The fraction of sp³-hybridized carbons (Fsp3) is 0.206. The second kappa shape index (κ2) is 12.0. The lowest BCUT2D eigenvalue weighted by Gasteiger charge is -2.19. The molecule has 0 saturated carbocycles. The van der Waals surface area contributed by atoms with Crippen molar-refractivity contribution in [2.75, 3.05) is 13.7 Å². The third kappa shape index (κ3) is 6.12. The summed E-state index contributed by atoms with van der Waals surface area (Å²) in [6.45, 7) is 3.63. The van der Waals surface area contributed by atoms with Crippen LogP contribution in [0.1, 0.15) is 40.9 Å². The molecule has 1 unspecified atom stereocenters. The van der Waals surface area contributed by atoms with Crippen molar-refractivity contribution in [1.82, 2.24) is 10.3 Å². The Morgan fingerprint density at radius 3 is 2.45 bits per heavy atom. The molecule has 0 aliphatic heterocycles. The van der Waals surface area contributed by atoms with Gasteiger partial charge in [0.2, 0.25) is 0 Å². The highest BCUT2D eigenvalue weighted by Gasteiger charge is 2.19. The van der Waals surface area contributed by atoms with Gasteiger partial charge in [0.05, 0.1) is 31.4 Å². The maximum Gasteiger partial charge on any atom is 0.255 e. The van der Waals surface area contributed by atoms with Gasteiger partial charge in [0.25, 0.3) is 5.91 Å². The van der Waals surface area contributed by atoms with Crippen LogP contribution in [0.2, 0.25) is 0 Å². The van der Waals surface area contributed by atoms with Crippen LogP contribution in [0, 0.1) is 11.8 Å². The normalized spacial score (nSPS) is 11.7. The first-order valence-electron chi connectivity index (χ1n) is 13.3. The average molecular weight is 533 g/mol. The summed E-state index contributed by atoms with van der Waals surface area (Å²) >= 11 is 0. The summed E-state index contributed by atoms with van der Waals surface area (Å²) in [6.07, 6.45) is 2.30. The Bertz CT molecular complexity index is 1720. The third-order valence-corrected chi connectivity index (χ3v) is 6.68. The van der Waals surface area contributed by atoms with Gasteiger partial charge in [0.1, 0.15) is 11.5 Å².